The van der Waals surface area contributed by atoms with Crippen LogP contribution in [0.1, 0.15) is 18.4 Å². The summed E-state index contributed by atoms with van der Waals surface area (Å²) in [5.41, 5.74) is 1.09. The lowest BCUT2D eigenvalue weighted by Crippen LogP contribution is -2.44. The van der Waals surface area contributed by atoms with Crippen molar-refractivity contribution in [3.63, 3.8) is 0 Å². The smallest absolute Gasteiger partial charge is 0.246 e. The monoisotopic (exact) mass is 262 g/mol. The molecule has 19 heavy (non-hydrogen) atoms. The first-order valence-electron chi connectivity index (χ1n) is 6.83. The van der Waals surface area contributed by atoms with Gasteiger partial charge in [0.05, 0.1) is 6.61 Å². The van der Waals surface area contributed by atoms with Crippen LogP contribution in [-0.4, -0.2) is 43.6 Å². The van der Waals surface area contributed by atoms with Gasteiger partial charge in [-0.25, -0.2) is 0 Å². The summed E-state index contributed by atoms with van der Waals surface area (Å²) in [6.07, 6.45) is 2.06. The Bertz CT molecular complexity index is 386. The van der Waals surface area contributed by atoms with Crippen LogP contribution in [0.15, 0.2) is 30.3 Å². The molecular formula is C15H22N2O2. The molecule has 0 aromatic heterocycles. The summed E-state index contributed by atoms with van der Waals surface area (Å²) >= 11 is 0. The van der Waals surface area contributed by atoms with E-state index in [0.717, 1.165) is 31.5 Å². The Hall–Kier alpha value is -1.39. The molecule has 1 heterocycles. The van der Waals surface area contributed by atoms with Crippen molar-refractivity contribution in [2.24, 2.45) is 0 Å². The standard InChI is InChI=1S/C15H22N2O2/c1-17-9-7-14(8-10-17)16-15(18)12-19-11-13-5-3-2-4-6-13/h2-6,14H,7-12H2,1H3,(H,16,18). The second kappa shape index (κ2) is 7.26. The third-order valence-corrected chi connectivity index (χ3v) is 3.43. The van der Waals surface area contributed by atoms with Crippen LogP contribution < -0.4 is 5.32 Å². The molecule has 104 valence electrons. The van der Waals surface area contributed by atoms with Crippen LogP contribution in [0.2, 0.25) is 0 Å². The number of amides is 1. The normalized spacial score (nSPS) is 17.3. The van der Waals surface area contributed by atoms with Gasteiger partial charge in [-0.05, 0) is 38.5 Å². The van der Waals surface area contributed by atoms with Crippen molar-refractivity contribution in [1.29, 1.82) is 0 Å². The molecule has 1 saturated heterocycles. The number of benzene rings is 1. The summed E-state index contributed by atoms with van der Waals surface area (Å²) in [7, 11) is 2.11. The molecule has 0 bridgehead atoms. The highest BCUT2D eigenvalue weighted by Crippen LogP contribution is 2.08. The number of nitrogens with zero attached hydrogens (tertiary/aromatic N) is 1. The topological polar surface area (TPSA) is 41.6 Å². The predicted molar refractivity (Wildman–Crippen MR) is 74.8 cm³/mol. The van der Waals surface area contributed by atoms with E-state index in [2.05, 4.69) is 17.3 Å². The summed E-state index contributed by atoms with van der Waals surface area (Å²) in [5, 5.41) is 3.04. The van der Waals surface area contributed by atoms with Crippen molar-refractivity contribution in [3.05, 3.63) is 35.9 Å². The van der Waals surface area contributed by atoms with Crippen LogP contribution in [-0.2, 0) is 16.1 Å². The van der Waals surface area contributed by atoms with Gasteiger partial charge in [0.15, 0.2) is 0 Å². The molecule has 4 nitrogen and oxygen atoms in total. The molecule has 1 amide bonds. The molecule has 0 spiro atoms. The van der Waals surface area contributed by atoms with E-state index in [4.69, 9.17) is 4.74 Å². The summed E-state index contributed by atoms with van der Waals surface area (Å²) in [5.74, 6) is -0.00881. The van der Waals surface area contributed by atoms with E-state index in [0.29, 0.717) is 12.6 Å². The maximum atomic E-state index is 11.7. The SMILES string of the molecule is CN1CCC(NC(=O)COCc2ccccc2)CC1. The average Bonchev–Trinajstić information content (AvgIpc) is 2.43. The van der Waals surface area contributed by atoms with Crippen LogP contribution >= 0.6 is 0 Å². The molecule has 1 aromatic carbocycles. The molecule has 0 saturated carbocycles. The minimum Gasteiger partial charge on any atom is -0.367 e. The quantitative estimate of drug-likeness (QED) is 0.872. The molecule has 4 heteroatoms. The molecule has 1 N–H and O–H groups in total. The number of ether oxygens (including phenoxy) is 1. The van der Waals surface area contributed by atoms with Gasteiger partial charge in [0.1, 0.15) is 6.61 Å². The number of hydrogen-bond donors (Lipinski definition) is 1. The molecule has 0 radical (unpaired) electrons. The van der Waals surface area contributed by atoms with Crippen molar-refractivity contribution >= 4 is 5.91 Å². The van der Waals surface area contributed by atoms with Crippen LogP contribution in [0, 0.1) is 0 Å². The maximum Gasteiger partial charge on any atom is 0.246 e. The average molecular weight is 262 g/mol. The number of carbonyl (C=O) groups is 1. The molecule has 0 aliphatic carbocycles. The molecular weight excluding hydrogens is 240 g/mol. The first-order chi connectivity index (χ1) is 9.24. The van der Waals surface area contributed by atoms with Crippen molar-refractivity contribution < 1.29 is 9.53 Å². The van der Waals surface area contributed by atoms with Crippen LogP contribution in [0.3, 0.4) is 0 Å². The lowest BCUT2D eigenvalue weighted by molar-refractivity contribution is -0.127. The molecule has 2 rings (SSSR count). The van der Waals surface area contributed by atoms with Gasteiger partial charge in [0.2, 0.25) is 5.91 Å². The highest BCUT2D eigenvalue weighted by molar-refractivity contribution is 5.77. The van der Waals surface area contributed by atoms with E-state index >= 15 is 0 Å². The zero-order valence-electron chi connectivity index (χ0n) is 11.5. The number of likely N-dealkylation sites (tertiary alicyclic amines) is 1. The molecule has 1 aliphatic rings. The third kappa shape index (κ3) is 5.01. The Balaban J connectivity index is 1.62. The predicted octanol–water partition coefficient (Wildman–Crippen LogP) is 1.41. The van der Waals surface area contributed by atoms with E-state index in [9.17, 15) is 4.79 Å². The van der Waals surface area contributed by atoms with E-state index in [1.807, 2.05) is 30.3 Å². The Labute approximate surface area is 114 Å². The van der Waals surface area contributed by atoms with Gasteiger partial charge < -0.3 is 15.0 Å². The molecule has 1 aliphatic heterocycles. The fraction of sp³-hybridized carbons (Fsp3) is 0.533. The van der Waals surface area contributed by atoms with Crippen molar-refractivity contribution in [2.75, 3.05) is 26.7 Å². The van der Waals surface area contributed by atoms with E-state index in [1.54, 1.807) is 0 Å². The lowest BCUT2D eigenvalue weighted by Gasteiger charge is -2.29. The van der Waals surface area contributed by atoms with Gasteiger partial charge in [-0.15, -0.1) is 0 Å². The second-order valence-electron chi connectivity index (χ2n) is 5.12. The first kappa shape index (κ1) is 14.0. The molecule has 1 fully saturated rings. The van der Waals surface area contributed by atoms with Gasteiger partial charge in [0, 0.05) is 6.04 Å². The van der Waals surface area contributed by atoms with E-state index < -0.39 is 0 Å². The summed E-state index contributed by atoms with van der Waals surface area (Å²) < 4.78 is 5.42. The first-order valence-corrected chi connectivity index (χ1v) is 6.83. The summed E-state index contributed by atoms with van der Waals surface area (Å²) in [6.45, 7) is 2.73. The molecule has 0 atom stereocenters. The van der Waals surface area contributed by atoms with Crippen molar-refractivity contribution in [3.8, 4) is 0 Å². The van der Waals surface area contributed by atoms with Gasteiger partial charge >= 0.3 is 0 Å². The minimum absolute atomic E-state index is 0.00881. The zero-order chi connectivity index (χ0) is 13.5. The Morgan fingerprint density at radius 2 is 2.00 bits per heavy atom. The molecule has 1 aromatic rings. The van der Waals surface area contributed by atoms with Gasteiger partial charge in [-0.2, -0.15) is 0 Å². The van der Waals surface area contributed by atoms with Gasteiger partial charge in [0.25, 0.3) is 0 Å². The van der Waals surface area contributed by atoms with Gasteiger partial charge in [-0.3, -0.25) is 4.79 Å². The number of rotatable bonds is 5. The summed E-state index contributed by atoms with van der Waals surface area (Å²) in [4.78, 5) is 14.0. The van der Waals surface area contributed by atoms with E-state index in [1.165, 1.54) is 0 Å². The fourth-order valence-corrected chi connectivity index (χ4v) is 2.26. The van der Waals surface area contributed by atoms with Crippen molar-refractivity contribution in [2.45, 2.75) is 25.5 Å². The minimum atomic E-state index is -0.00881. The highest BCUT2D eigenvalue weighted by atomic mass is 16.5. The van der Waals surface area contributed by atoms with Crippen LogP contribution in [0.25, 0.3) is 0 Å². The Morgan fingerprint density at radius 1 is 1.32 bits per heavy atom. The van der Waals surface area contributed by atoms with Crippen LogP contribution in [0.5, 0.6) is 0 Å². The Kier molecular flexibility index (Phi) is 5.36. The Morgan fingerprint density at radius 3 is 2.68 bits per heavy atom. The van der Waals surface area contributed by atoms with Gasteiger partial charge in [-0.1, -0.05) is 30.3 Å². The second-order valence-corrected chi connectivity index (χ2v) is 5.12. The molecule has 0 unspecified atom stereocenters. The number of hydrogen-bond acceptors (Lipinski definition) is 3. The largest absolute Gasteiger partial charge is 0.367 e. The van der Waals surface area contributed by atoms with E-state index in [-0.39, 0.29) is 12.5 Å². The van der Waals surface area contributed by atoms with Crippen molar-refractivity contribution in [1.82, 2.24) is 10.2 Å². The number of piperidine rings is 1. The summed E-state index contributed by atoms with van der Waals surface area (Å²) in [6, 6.07) is 10.2. The lowest BCUT2D eigenvalue weighted by atomic mass is 10.1. The highest BCUT2D eigenvalue weighted by Gasteiger charge is 2.18. The number of carbonyl (C=O) groups excluding carboxylic acids is 1. The fourth-order valence-electron chi connectivity index (χ4n) is 2.26. The third-order valence-electron chi connectivity index (χ3n) is 3.43. The maximum absolute atomic E-state index is 11.7. The van der Waals surface area contributed by atoms with Crippen LogP contribution in [0.4, 0.5) is 0 Å². The number of nitrogens with one attached hydrogen (secondary N) is 1. The zero-order valence-corrected chi connectivity index (χ0v) is 11.5.